The Bertz CT molecular complexity index is 156. The number of rotatable bonds is 6. The van der Waals surface area contributed by atoms with Crippen LogP contribution in [0.25, 0.3) is 0 Å². The van der Waals surface area contributed by atoms with Crippen molar-refractivity contribution in [2.24, 2.45) is 0 Å². The second kappa shape index (κ2) is 5.97. The molecular formula is C10H18O3. The molecule has 0 saturated carbocycles. The fraction of sp³-hybridized carbons (Fsp3) is 0.900. The van der Waals surface area contributed by atoms with E-state index in [0.29, 0.717) is 13.0 Å². The van der Waals surface area contributed by atoms with Crippen molar-refractivity contribution in [3.05, 3.63) is 0 Å². The van der Waals surface area contributed by atoms with Crippen LogP contribution >= 0.6 is 0 Å². The molecule has 0 radical (unpaired) electrons. The highest BCUT2D eigenvalue weighted by molar-refractivity contribution is 5.71. The van der Waals surface area contributed by atoms with E-state index in [1.807, 2.05) is 0 Å². The van der Waals surface area contributed by atoms with Gasteiger partial charge in [-0.3, -0.25) is 4.79 Å². The molecule has 76 valence electrons. The molecule has 0 N–H and O–H groups in total. The fourth-order valence-corrected chi connectivity index (χ4v) is 1.37. The van der Waals surface area contributed by atoms with Gasteiger partial charge in [0.25, 0.3) is 0 Å². The van der Waals surface area contributed by atoms with Gasteiger partial charge in [-0.2, -0.15) is 0 Å². The van der Waals surface area contributed by atoms with E-state index in [9.17, 15) is 4.79 Å². The molecule has 0 spiro atoms. The molecule has 1 rings (SSSR count). The molecule has 1 aliphatic rings. The number of cyclic esters (lactones) is 1. The summed E-state index contributed by atoms with van der Waals surface area (Å²) in [6, 6.07) is 0. The summed E-state index contributed by atoms with van der Waals surface area (Å²) in [5.41, 5.74) is 0. The van der Waals surface area contributed by atoms with Crippen molar-refractivity contribution >= 4 is 5.97 Å². The standard InChI is InChI=1S/C10H18O3/c1-2-3-4-7-12-8-9-5-6-10(11)13-9/h9H,2-8H2,1H3. The van der Waals surface area contributed by atoms with Gasteiger partial charge in [-0.05, 0) is 12.8 Å². The third-order valence-electron chi connectivity index (χ3n) is 2.16. The second-order valence-corrected chi connectivity index (χ2v) is 3.43. The molecule has 13 heavy (non-hydrogen) atoms. The molecule has 3 heteroatoms. The molecule has 0 aromatic heterocycles. The molecule has 1 aliphatic heterocycles. The lowest BCUT2D eigenvalue weighted by Crippen LogP contribution is -2.15. The van der Waals surface area contributed by atoms with Gasteiger partial charge in [-0.25, -0.2) is 0 Å². The van der Waals surface area contributed by atoms with Gasteiger partial charge in [0.15, 0.2) is 0 Å². The Morgan fingerprint density at radius 1 is 1.54 bits per heavy atom. The number of unbranched alkanes of at least 4 members (excludes halogenated alkanes) is 2. The van der Waals surface area contributed by atoms with Crippen LogP contribution in [0.2, 0.25) is 0 Å². The molecule has 0 aromatic rings. The molecule has 1 unspecified atom stereocenters. The Labute approximate surface area is 79.4 Å². The zero-order valence-corrected chi connectivity index (χ0v) is 8.25. The van der Waals surface area contributed by atoms with Gasteiger partial charge < -0.3 is 9.47 Å². The highest BCUT2D eigenvalue weighted by Gasteiger charge is 2.22. The van der Waals surface area contributed by atoms with Crippen molar-refractivity contribution in [1.82, 2.24) is 0 Å². The average molecular weight is 186 g/mol. The Hall–Kier alpha value is -0.570. The van der Waals surface area contributed by atoms with Crippen LogP contribution in [-0.4, -0.2) is 25.3 Å². The number of carbonyl (C=O) groups excluding carboxylic acids is 1. The summed E-state index contributed by atoms with van der Waals surface area (Å²) in [7, 11) is 0. The van der Waals surface area contributed by atoms with E-state index < -0.39 is 0 Å². The molecule has 1 atom stereocenters. The van der Waals surface area contributed by atoms with E-state index in [4.69, 9.17) is 9.47 Å². The van der Waals surface area contributed by atoms with E-state index in [2.05, 4.69) is 6.92 Å². The third kappa shape index (κ3) is 4.27. The van der Waals surface area contributed by atoms with Crippen LogP contribution in [-0.2, 0) is 14.3 Å². The van der Waals surface area contributed by atoms with E-state index in [1.54, 1.807) is 0 Å². The first-order chi connectivity index (χ1) is 6.33. The van der Waals surface area contributed by atoms with Crippen molar-refractivity contribution in [2.75, 3.05) is 13.2 Å². The summed E-state index contributed by atoms with van der Waals surface area (Å²) >= 11 is 0. The lowest BCUT2D eigenvalue weighted by molar-refractivity contribution is -0.143. The SMILES string of the molecule is CCCCCOCC1CCC(=O)O1. The molecule has 3 nitrogen and oxygen atoms in total. The summed E-state index contributed by atoms with van der Waals surface area (Å²) in [4.78, 5) is 10.7. The van der Waals surface area contributed by atoms with Crippen molar-refractivity contribution in [1.29, 1.82) is 0 Å². The van der Waals surface area contributed by atoms with Crippen molar-refractivity contribution < 1.29 is 14.3 Å². The van der Waals surface area contributed by atoms with Crippen LogP contribution in [0.3, 0.4) is 0 Å². The number of hydrogen-bond acceptors (Lipinski definition) is 3. The Balaban J connectivity index is 1.91. The van der Waals surface area contributed by atoms with E-state index in [-0.39, 0.29) is 12.1 Å². The lowest BCUT2D eigenvalue weighted by atomic mass is 10.2. The molecule has 1 saturated heterocycles. The molecule has 0 bridgehead atoms. The van der Waals surface area contributed by atoms with Crippen LogP contribution in [0.15, 0.2) is 0 Å². The fourth-order valence-electron chi connectivity index (χ4n) is 1.37. The highest BCUT2D eigenvalue weighted by atomic mass is 16.6. The predicted octanol–water partition coefficient (Wildman–Crippen LogP) is 1.90. The van der Waals surface area contributed by atoms with Crippen LogP contribution < -0.4 is 0 Å². The van der Waals surface area contributed by atoms with Gasteiger partial charge in [0, 0.05) is 13.0 Å². The van der Waals surface area contributed by atoms with Crippen LogP contribution in [0.1, 0.15) is 39.0 Å². The monoisotopic (exact) mass is 186 g/mol. The maximum Gasteiger partial charge on any atom is 0.306 e. The van der Waals surface area contributed by atoms with Crippen LogP contribution in [0, 0.1) is 0 Å². The first-order valence-corrected chi connectivity index (χ1v) is 5.10. The van der Waals surface area contributed by atoms with Crippen molar-refractivity contribution in [2.45, 2.75) is 45.1 Å². The predicted molar refractivity (Wildman–Crippen MR) is 49.5 cm³/mol. The minimum atomic E-state index is -0.0813. The van der Waals surface area contributed by atoms with Crippen LogP contribution in [0.5, 0.6) is 0 Å². The largest absolute Gasteiger partial charge is 0.460 e. The smallest absolute Gasteiger partial charge is 0.306 e. The first kappa shape index (κ1) is 10.5. The summed E-state index contributed by atoms with van der Waals surface area (Å²) in [5.74, 6) is -0.0813. The van der Waals surface area contributed by atoms with Gasteiger partial charge in [0.2, 0.25) is 0 Å². The summed E-state index contributed by atoms with van der Waals surface area (Å²) in [6.45, 7) is 3.54. The zero-order valence-electron chi connectivity index (χ0n) is 8.25. The Kier molecular flexibility index (Phi) is 4.83. The van der Waals surface area contributed by atoms with E-state index in [0.717, 1.165) is 19.4 Å². The maximum atomic E-state index is 10.7. The summed E-state index contributed by atoms with van der Waals surface area (Å²) in [5, 5.41) is 0. The van der Waals surface area contributed by atoms with Crippen molar-refractivity contribution in [3.8, 4) is 0 Å². The second-order valence-electron chi connectivity index (χ2n) is 3.43. The number of hydrogen-bond donors (Lipinski definition) is 0. The highest BCUT2D eigenvalue weighted by Crippen LogP contribution is 2.13. The molecular weight excluding hydrogens is 168 g/mol. The number of carbonyl (C=O) groups is 1. The van der Waals surface area contributed by atoms with Gasteiger partial charge in [-0.1, -0.05) is 19.8 Å². The van der Waals surface area contributed by atoms with Crippen LogP contribution in [0.4, 0.5) is 0 Å². The topological polar surface area (TPSA) is 35.5 Å². The van der Waals surface area contributed by atoms with E-state index in [1.165, 1.54) is 12.8 Å². The normalized spacial score (nSPS) is 21.9. The Morgan fingerprint density at radius 2 is 2.38 bits per heavy atom. The lowest BCUT2D eigenvalue weighted by Gasteiger charge is -2.09. The van der Waals surface area contributed by atoms with Gasteiger partial charge in [0.05, 0.1) is 6.61 Å². The Morgan fingerprint density at radius 3 is 3.00 bits per heavy atom. The molecule has 1 fully saturated rings. The van der Waals surface area contributed by atoms with Gasteiger partial charge in [0.1, 0.15) is 6.10 Å². The summed E-state index contributed by atoms with van der Waals surface area (Å²) < 4.78 is 10.4. The minimum Gasteiger partial charge on any atom is -0.460 e. The van der Waals surface area contributed by atoms with Crippen molar-refractivity contribution in [3.63, 3.8) is 0 Å². The number of ether oxygens (including phenoxy) is 2. The average Bonchev–Trinajstić information content (AvgIpc) is 2.51. The first-order valence-electron chi connectivity index (χ1n) is 5.10. The van der Waals surface area contributed by atoms with Gasteiger partial charge >= 0.3 is 5.97 Å². The molecule has 0 aromatic carbocycles. The summed E-state index contributed by atoms with van der Waals surface area (Å²) in [6.07, 6.45) is 4.94. The minimum absolute atomic E-state index is 0.0223. The molecule has 0 aliphatic carbocycles. The third-order valence-corrected chi connectivity index (χ3v) is 2.16. The quantitative estimate of drug-likeness (QED) is 0.469. The molecule has 1 heterocycles. The zero-order chi connectivity index (χ0) is 9.52. The van der Waals surface area contributed by atoms with Gasteiger partial charge in [-0.15, -0.1) is 0 Å². The van der Waals surface area contributed by atoms with E-state index >= 15 is 0 Å². The number of esters is 1. The molecule has 0 amide bonds. The maximum absolute atomic E-state index is 10.7.